The van der Waals surface area contributed by atoms with E-state index in [1.807, 2.05) is 72.8 Å². The molecule has 176 valence electrons. The summed E-state index contributed by atoms with van der Waals surface area (Å²) in [7, 11) is 2.57. The van der Waals surface area contributed by atoms with Crippen LogP contribution in [-0.2, 0) is 19.1 Å². The van der Waals surface area contributed by atoms with Crippen LogP contribution in [-0.4, -0.2) is 26.2 Å². The molecule has 0 atom stereocenters. The van der Waals surface area contributed by atoms with Crippen LogP contribution in [0.3, 0.4) is 0 Å². The summed E-state index contributed by atoms with van der Waals surface area (Å²) in [5.41, 5.74) is 0.913. The fourth-order valence-electron chi connectivity index (χ4n) is 3.43. The monoisotopic (exact) mass is 501 g/mol. The number of anilines is 1. The first kappa shape index (κ1) is 24.4. The summed E-state index contributed by atoms with van der Waals surface area (Å²) in [5.74, 6) is -1.26. The molecular weight excluding hydrogens is 478 g/mol. The molecule has 0 fully saturated rings. The molecule has 1 aliphatic rings. The Morgan fingerprint density at radius 2 is 1.23 bits per heavy atom. The zero-order valence-corrected chi connectivity index (χ0v) is 20.8. The third-order valence-electron chi connectivity index (χ3n) is 4.99. The van der Waals surface area contributed by atoms with E-state index < -0.39 is 11.9 Å². The van der Waals surface area contributed by atoms with Crippen molar-refractivity contribution >= 4 is 41.1 Å². The highest BCUT2D eigenvalue weighted by Crippen LogP contribution is 2.39. The van der Waals surface area contributed by atoms with Gasteiger partial charge in [0.25, 0.3) is 0 Å². The van der Waals surface area contributed by atoms with Crippen molar-refractivity contribution in [2.75, 3.05) is 19.1 Å². The minimum Gasteiger partial charge on any atom is -0.465 e. The predicted octanol–water partition coefficient (Wildman–Crippen LogP) is 6.48. The highest BCUT2D eigenvalue weighted by atomic mass is 32.2. The molecule has 0 aliphatic carbocycles. The molecule has 3 aromatic rings. The molecule has 0 unspecified atom stereocenters. The largest absolute Gasteiger partial charge is 0.465 e. The molecule has 1 aliphatic heterocycles. The molecule has 0 spiro atoms. The number of methoxy groups -OCH3 is 2. The van der Waals surface area contributed by atoms with Crippen molar-refractivity contribution in [3.05, 3.63) is 115 Å². The average molecular weight is 502 g/mol. The Balaban J connectivity index is 1.84. The topological polar surface area (TPSA) is 55.8 Å². The molecule has 1 heterocycles. The van der Waals surface area contributed by atoms with Gasteiger partial charge in [-0.3, -0.25) is 0 Å². The van der Waals surface area contributed by atoms with Gasteiger partial charge in [0.1, 0.15) is 5.70 Å². The highest BCUT2D eigenvalue weighted by molar-refractivity contribution is 8.00. The van der Waals surface area contributed by atoms with Gasteiger partial charge in [0.05, 0.1) is 19.8 Å². The second-order valence-electron chi connectivity index (χ2n) is 7.31. The number of benzene rings is 3. The minimum absolute atomic E-state index is 0.0851. The molecule has 0 aromatic heterocycles. The van der Waals surface area contributed by atoms with Crippen molar-refractivity contribution < 1.29 is 19.1 Å². The van der Waals surface area contributed by atoms with Crippen molar-refractivity contribution in [2.45, 2.75) is 19.6 Å². The van der Waals surface area contributed by atoms with E-state index in [2.05, 4.69) is 6.07 Å². The van der Waals surface area contributed by atoms with E-state index in [9.17, 15) is 9.59 Å². The van der Waals surface area contributed by atoms with E-state index in [1.54, 1.807) is 52.9 Å². The maximum absolute atomic E-state index is 12.9. The highest BCUT2D eigenvalue weighted by Gasteiger charge is 2.28. The maximum Gasteiger partial charge on any atom is 0.355 e. The van der Waals surface area contributed by atoms with Gasteiger partial charge in [-0.2, -0.15) is 0 Å². The van der Waals surface area contributed by atoms with Crippen molar-refractivity contribution in [2.24, 2.45) is 0 Å². The summed E-state index contributed by atoms with van der Waals surface area (Å²) in [5, 5.41) is 0. The van der Waals surface area contributed by atoms with Gasteiger partial charge in [-0.1, -0.05) is 66.0 Å². The number of carbonyl (C=O) groups is 2. The van der Waals surface area contributed by atoms with Gasteiger partial charge < -0.3 is 14.4 Å². The van der Waals surface area contributed by atoms with Gasteiger partial charge >= 0.3 is 11.9 Å². The Kier molecular flexibility index (Phi) is 8.13. The first-order chi connectivity index (χ1) is 17.1. The van der Waals surface area contributed by atoms with E-state index in [-0.39, 0.29) is 11.3 Å². The Bertz CT molecular complexity index is 1240. The molecule has 7 heteroatoms. The number of carbonyl (C=O) groups excluding carboxylic acids is 2. The molecule has 0 saturated heterocycles. The number of esters is 2. The molecule has 4 rings (SSSR count). The minimum atomic E-state index is -0.639. The Morgan fingerprint density at radius 1 is 0.686 bits per heavy atom. The lowest BCUT2D eigenvalue weighted by atomic mass is 10.1. The van der Waals surface area contributed by atoms with Crippen LogP contribution in [0.2, 0.25) is 0 Å². The number of allylic oxidation sites excluding steroid dienone is 2. The van der Waals surface area contributed by atoms with Crippen molar-refractivity contribution in [3.63, 3.8) is 0 Å². The summed E-state index contributed by atoms with van der Waals surface area (Å²) in [6.45, 7) is 0. The fourth-order valence-corrected chi connectivity index (χ4v) is 5.36. The molecule has 3 aromatic carbocycles. The third kappa shape index (κ3) is 6.07. The van der Waals surface area contributed by atoms with Gasteiger partial charge in [0, 0.05) is 31.5 Å². The fraction of sp³-hybridized carbons (Fsp3) is 0.0714. The second kappa shape index (κ2) is 11.6. The maximum atomic E-state index is 12.9. The second-order valence-corrected chi connectivity index (χ2v) is 9.60. The van der Waals surface area contributed by atoms with Gasteiger partial charge in [-0.25, -0.2) is 9.59 Å². The van der Waals surface area contributed by atoms with Crippen LogP contribution in [0.5, 0.6) is 0 Å². The van der Waals surface area contributed by atoms with Gasteiger partial charge in [0.15, 0.2) is 0 Å². The number of ether oxygens (including phenoxy) is 2. The molecule has 5 nitrogen and oxygen atoms in total. The van der Waals surface area contributed by atoms with Crippen LogP contribution in [0.15, 0.2) is 134 Å². The lowest BCUT2D eigenvalue weighted by Crippen LogP contribution is -2.27. The van der Waals surface area contributed by atoms with Crippen LogP contribution < -0.4 is 4.90 Å². The van der Waals surface area contributed by atoms with Crippen LogP contribution >= 0.6 is 23.5 Å². The summed E-state index contributed by atoms with van der Waals surface area (Å²) in [4.78, 5) is 31.2. The first-order valence-electron chi connectivity index (χ1n) is 10.7. The van der Waals surface area contributed by atoms with Crippen LogP contribution in [0.4, 0.5) is 5.69 Å². The molecule has 0 bridgehead atoms. The van der Waals surface area contributed by atoms with Gasteiger partial charge in [-0.05, 0) is 54.6 Å². The average Bonchev–Trinajstić information content (AvgIpc) is 3.12. The molecule has 0 amide bonds. The first-order valence-corrected chi connectivity index (χ1v) is 12.4. The van der Waals surface area contributed by atoms with Crippen molar-refractivity contribution in [1.82, 2.24) is 0 Å². The quantitative estimate of drug-likeness (QED) is 0.344. The van der Waals surface area contributed by atoms with E-state index in [4.69, 9.17) is 9.47 Å². The smallest absolute Gasteiger partial charge is 0.355 e. The Morgan fingerprint density at radius 3 is 1.74 bits per heavy atom. The van der Waals surface area contributed by atoms with Crippen LogP contribution in [0, 0.1) is 0 Å². The number of rotatable bonds is 7. The summed E-state index contributed by atoms with van der Waals surface area (Å²) >= 11 is 3.24. The molecule has 0 N–H and O–H groups in total. The van der Waals surface area contributed by atoms with Crippen LogP contribution in [0.1, 0.15) is 0 Å². The van der Waals surface area contributed by atoms with Crippen molar-refractivity contribution in [3.8, 4) is 0 Å². The zero-order valence-electron chi connectivity index (χ0n) is 19.2. The van der Waals surface area contributed by atoms with Gasteiger partial charge in [-0.15, -0.1) is 0 Å². The third-order valence-corrected chi connectivity index (χ3v) is 6.95. The van der Waals surface area contributed by atoms with E-state index in [0.29, 0.717) is 5.69 Å². The van der Waals surface area contributed by atoms with Crippen LogP contribution in [0.25, 0.3) is 0 Å². The molecule has 35 heavy (non-hydrogen) atoms. The number of hydrogen-bond acceptors (Lipinski definition) is 7. The SMILES string of the molecule is COC(=O)C1=C(C(=O)OC)N(c2cc(Sc3ccccc3)cc(Sc3ccccc3)c2)C=CC=C1. The summed E-state index contributed by atoms with van der Waals surface area (Å²) in [6, 6.07) is 26.2. The summed E-state index contributed by atoms with van der Waals surface area (Å²) in [6.07, 6.45) is 6.75. The molecule has 0 saturated carbocycles. The normalized spacial score (nSPS) is 12.9. The zero-order chi connectivity index (χ0) is 24.6. The molecule has 0 radical (unpaired) electrons. The Labute approximate surface area is 213 Å². The van der Waals surface area contributed by atoms with E-state index in [0.717, 1.165) is 19.6 Å². The van der Waals surface area contributed by atoms with Crippen molar-refractivity contribution in [1.29, 1.82) is 0 Å². The summed E-state index contributed by atoms with van der Waals surface area (Å²) < 4.78 is 9.99. The van der Waals surface area contributed by atoms with E-state index in [1.165, 1.54) is 14.2 Å². The van der Waals surface area contributed by atoms with E-state index >= 15 is 0 Å². The lowest BCUT2D eigenvalue weighted by Gasteiger charge is -2.24. The number of hydrogen-bond donors (Lipinski definition) is 0. The standard InChI is InChI=1S/C28H23NO4S2/c1-32-27(30)25-15-9-10-16-29(26(25)28(31)33-2)20-17-23(34-21-11-5-3-6-12-21)19-24(18-20)35-22-13-7-4-8-14-22/h3-19H,1-2H3. The Hall–Kier alpha value is -3.68. The molecular formula is C28H23NO4S2. The number of nitrogens with zero attached hydrogens (tertiary/aromatic N) is 1. The lowest BCUT2D eigenvalue weighted by molar-refractivity contribution is -0.139. The predicted molar refractivity (Wildman–Crippen MR) is 139 cm³/mol. The van der Waals surface area contributed by atoms with Gasteiger partial charge in [0.2, 0.25) is 0 Å².